The number of carboxylic acid groups (broad SMARTS) is 1. The second-order valence-corrected chi connectivity index (χ2v) is 5.42. The Labute approximate surface area is 150 Å². The standard InChI is InChI=1S/C16H14N2O4.Mg.2H/c1-7(2)8-3-4-12-9(5-8)13(19)10-6-11(16(20)21)14(17)18-15(10)22-12;;;/h3-7H,1-2H3,(H2,17,18)(H,20,21);;;/q;+2;2*-1. The van der Waals surface area contributed by atoms with E-state index in [9.17, 15) is 9.59 Å². The van der Waals surface area contributed by atoms with E-state index in [1.54, 1.807) is 12.1 Å². The zero-order valence-electron chi connectivity index (χ0n) is 14.8. The summed E-state index contributed by atoms with van der Waals surface area (Å²) in [6, 6.07) is 6.58. The van der Waals surface area contributed by atoms with Crippen LogP contribution in [0.1, 0.15) is 38.5 Å². The van der Waals surface area contributed by atoms with Gasteiger partial charge in [0.25, 0.3) is 0 Å². The van der Waals surface area contributed by atoms with Gasteiger partial charge in [0.2, 0.25) is 11.1 Å². The average Bonchev–Trinajstić information content (AvgIpc) is 2.46. The largest absolute Gasteiger partial charge is 2.00 e. The maximum atomic E-state index is 12.6. The van der Waals surface area contributed by atoms with Gasteiger partial charge in [0, 0.05) is 0 Å². The van der Waals surface area contributed by atoms with Crippen molar-refractivity contribution in [1.82, 2.24) is 4.98 Å². The molecule has 23 heavy (non-hydrogen) atoms. The van der Waals surface area contributed by atoms with Crippen molar-refractivity contribution in [3.63, 3.8) is 0 Å². The maximum Gasteiger partial charge on any atom is 2.00 e. The molecule has 0 radical (unpaired) electrons. The summed E-state index contributed by atoms with van der Waals surface area (Å²) in [7, 11) is 0. The fraction of sp³-hybridized carbons (Fsp3) is 0.188. The number of carboxylic acids is 1. The van der Waals surface area contributed by atoms with Crippen molar-refractivity contribution in [3.8, 4) is 0 Å². The third-order valence-electron chi connectivity index (χ3n) is 3.61. The quantitative estimate of drug-likeness (QED) is 0.554. The van der Waals surface area contributed by atoms with Gasteiger partial charge >= 0.3 is 29.0 Å². The fourth-order valence-corrected chi connectivity index (χ4v) is 2.34. The Hall–Kier alpha value is -2.12. The van der Waals surface area contributed by atoms with Gasteiger partial charge in [0.1, 0.15) is 17.0 Å². The predicted octanol–water partition coefficient (Wildman–Crippen LogP) is 2.59. The van der Waals surface area contributed by atoms with Crippen LogP contribution in [0.15, 0.2) is 33.5 Å². The van der Waals surface area contributed by atoms with Crippen LogP contribution in [0.3, 0.4) is 0 Å². The average molecular weight is 325 g/mol. The van der Waals surface area contributed by atoms with E-state index in [4.69, 9.17) is 15.3 Å². The van der Waals surface area contributed by atoms with Crippen LogP contribution in [0.2, 0.25) is 0 Å². The molecule has 7 heteroatoms. The molecule has 2 aromatic heterocycles. The van der Waals surface area contributed by atoms with Crippen molar-refractivity contribution in [3.05, 3.63) is 45.6 Å². The number of fused-ring (bicyclic) bond motifs is 2. The number of benzene rings is 1. The van der Waals surface area contributed by atoms with Crippen molar-refractivity contribution >= 4 is 56.9 Å². The number of anilines is 1. The minimum Gasteiger partial charge on any atom is -1.00 e. The summed E-state index contributed by atoms with van der Waals surface area (Å²) in [6.45, 7) is 4.04. The van der Waals surface area contributed by atoms with E-state index in [1.165, 1.54) is 6.07 Å². The van der Waals surface area contributed by atoms with Gasteiger partial charge < -0.3 is 18.1 Å². The van der Waals surface area contributed by atoms with Gasteiger partial charge in [-0.3, -0.25) is 4.79 Å². The Morgan fingerprint density at radius 3 is 2.61 bits per heavy atom. The number of pyridine rings is 1. The van der Waals surface area contributed by atoms with Crippen molar-refractivity contribution in [2.24, 2.45) is 0 Å². The Bertz CT molecular complexity index is 989. The smallest absolute Gasteiger partial charge is 1.00 e. The number of hydrogen-bond donors (Lipinski definition) is 2. The van der Waals surface area contributed by atoms with E-state index in [0.29, 0.717) is 11.0 Å². The second-order valence-electron chi connectivity index (χ2n) is 5.42. The third kappa shape index (κ3) is 2.89. The molecule has 0 bridgehead atoms. The summed E-state index contributed by atoms with van der Waals surface area (Å²) in [5.74, 6) is -1.15. The maximum absolute atomic E-state index is 12.6. The second kappa shape index (κ2) is 6.17. The minimum atomic E-state index is -1.23. The summed E-state index contributed by atoms with van der Waals surface area (Å²) in [4.78, 5) is 27.6. The third-order valence-corrected chi connectivity index (χ3v) is 3.61. The van der Waals surface area contributed by atoms with Crippen LogP contribution in [0, 0.1) is 0 Å². The van der Waals surface area contributed by atoms with Crippen LogP contribution < -0.4 is 11.2 Å². The van der Waals surface area contributed by atoms with E-state index < -0.39 is 5.97 Å². The molecule has 0 spiro atoms. The van der Waals surface area contributed by atoms with Crippen molar-refractivity contribution in [1.29, 1.82) is 0 Å². The van der Waals surface area contributed by atoms with Crippen LogP contribution in [-0.4, -0.2) is 39.1 Å². The molecule has 0 unspecified atom stereocenters. The van der Waals surface area contributed by atoms with E-state index in [2.05, 4.69) is 4.98 Å². The number of hydrogen-bond acceptors (Lipinski definition) is 5. The Balaban J connectivity index is 0.00000192. The summed E-state index contributed by atoms with van der Waals surface area (Å²) < 4.78 is 5.59. The van der Waals surface area contributed by atoms with E-state index in [1.807, 2.05) is 19.9 Å². The molecule has 0 aliphatic rings. The molecule has 6 nitrogen and oxygen atoms in total. The zero-order chi connectivity index (χ0) is 16.0. The number of aromatic carboxylic acids is 1. The first-order valence-electron chi connectivity index (χ1n) is 6.78. The molecular formula is C16H16MgN2O4. The van der Waals surface area contributed by atoms with Crippen molar-refractivity contribution in [2.45, 2.75) is 19.8 Å². The molecule has 3 rings (SSSR count). The van der Waals surface area contributed by atoms with Gasteiger partial charge in [0.05, 0.1) is 10.8 Å². The Morgan fingerprint density at radius 1 is 1.30 bits per heavy atom. The number of rotatable bonds is 2. The Morgan fingerprint density at radius 2 is 2.00 bits per heavy atom. The van der Waals surface area contributed by atoms with Crippen LogP contribution in [-0.2, 0) is 0 Å². The molecular weight excluding hydrogens is 308 g/mol. The van der Waals surface area contributed by atoms with Crippen LogP contribution in [0.4, 0.5) is 5.82 Å². The van der Waals surface area contributed by atoms with Crippen LogP contribution in [0.25, 0.3) is 22.1 Å². The zero-order valence-corrected chi connectivity index (χ0v) is 14.2. The SMILES string of the molecule is CC(C)c1ccc2oc3nc(N)c(C(=O)O)cc3c(=O)c2c1.[H-].[H-].[Mg+2]. The monoisotopic (exact) mass is 324 g/mol. The van der Waals surface area contributed by atoms with Crippen LogP contribution >= 0.6 is 0 Å². The number of aromatic nitrogens is 1. The number of carbonyl (C=O) groups is 1. The minimum absolute atomic E-state index is 0. The number of nitrogens with zero attached hydrogens (tertiary/aromatic N) is 1. The first kappa shape index (κ1) is 17.2. The number of nitrogen functional groups attached to an aromatic ring is 1. The summed E-state index contributed by atoms with van der Waals surface area (Å²) >= 11 is 0. The van der Waals surface area contributed by atoms with E-state index in [-0.39, 0.29) is 59.7 Å². The van der Waals surface area contributed by atoms with Gasteiger partial charge in [-0.2, -0.15) is 4.98 Å². The van der Waals surface area contributed by atoms with Gasteiger partial charge in [-0.15, -0.1) is 0 Å². The summed E-state index contributed by atoms with van der Waals surface area (Å²) in [5.41, 5.74) is 6.51. The Kier molecular flexibility index (Phi) is 4.62. The molecule has 0 amide bonds. The predicted molar refractivity (Wildman–Crippen MR) is 91.2 cm³/mol. The molecule has 116 valence electrons. The molecule has 1 aromatic carbocycles. The number of nitrogens with two attached hydrogens (primary N) is 1. The van der Waals surface area contributed by atoms with Crippen molar-refractivity contribution in [2.75, 3.05) is 5.73 Å². The molecule has 3 N–H and O–H groups in total. The first-order chi connectivity index (χ1) is 10.4. The van der Waals surface area contributed by atoms with E-state index in [0.717, 1.165) is 5.56 Å². The van der Waals surface area contributed by atoms with E-state index >= 15 is 0 Å². The molecule has 2 heterocycles. The molecule has 3 aromatic rings. The first-order valence-corrected chi connectivity index (χ1v) is 6.78. The summed E-state index contributed by atoms with van der Waals surface area (Å²) in [5, 5.41) is 9.61. The molecule has 0 fully saturated rings. The van der Waals surface area contributed by atoms with Gasteiger partial charge in [-0.1, -0.05) is 19.9 Å². The molecule has 0 atom stereocenters. The van der Waals surface area contributed by atoms with Gasteiger partial charge in [-0.05, 0) is 29.7 Å². The topological polar surface area (TPSA) is 106 Å². The fourth-order valence-electron chi connectivity index (χ4n) is 2.34. The normalized spacial score (nSPS) is 10.9. The molecule has 0 aliphatic carbocycles. The van der Waals surface area contributed by atoms with Crippen LogP contribution in [0.5, 0.6) is 0 Å². The molecule has 0 saturated carbocycles. The molecule has 0 saturated heterocycles. The van der Waals surface area contributed by atoms with Gasteiger partial charge in [-0.25, -0.2) is 4.79 Å². The van der Waals surface area contributed by atoms with Crippen molar-refractivity contribution < 1.29 is 17.2 Å². The van der Waals surface area contributed by atoms with Gasteiger partial charge in [0.15, 0.2) is 0 Å². The molecule has 0 aliphatic heterocycles. The summed E-state index contributed by atoms with van der Waals surface area (Å²) in [6.07, 6.45) is 0.